The molecule has 0 bridgehead atoms. The topological polar surface area (TPSA) is 78.4 Å². The minimum atomic E-state index is -0.583. The summed E-state index contributed by atoms with van der Waals surface area (Å²) in [6, 6.07) is 0. The molecule has 0 aliphatic rings. The summed E-state index contributed by atoms with van der Waals surface area (Å²) in [4.78, 5) is 20.9. The average molecular weight is 234 g/mol. The summed E-state index contributed by atoms with van der Waals surface area (Å²) in [5.41, 5.74) is 2.45. The molecule has 17 heavy (non-hydrogen) atoms. The predicted octanol–water partition coefficient (Wildman–Crippen LogP) is 0.300. The molecule has 0 heterocycles. The van der Waals surface area contributed by atoms with Gasteiger partial charge in [0.25, 0.3) is 5.91 Å². The number of hydrogen-bond donors (Lipinski definition) is 3. The second kappa shape index (κ2) is 8.95. The summed E-state index contributed by atoms with van der Waals surface area (Å²) in [6.07, 6.45) is 5.17. The van der Waals surface area contributed by atoms with Gasteiger partial charge in [-0.15, -0.1) is 0 Å². The molecule has 5 nitrogen and oxygen atoms in total. The zero-order valence-electron chi connectivity index (χ0n) is 9.49. The van der Waals surface area contributed by atoms with Crippen LogP contribution in [0.2, 0.25) is 0 Å². The second-order valence-electron chi connectivity index (χ2n) is 2.92. The Morgan fingerprint density at radius 3 is 2.71 bits per heavy atom. The number of hydroxylamine groups is 1. The normalized spacial score (nSPS) is 10.9. The van der Waals surface area contributed by atoms with E-state index in [1.807, 2.05) is 0 Å². The molecular formula is C12H14N2O3. The van der Waals surface area contributed by atoms with Crippen LogP contribution in [0, 0.1) is 11.8 Å². The highest BCUT2D eigenvalue weighted by molar-refractivity contribution is 5.92. The van der Waals surface area contributed by atoms with Crippen molar-refractivity contribution in [1.29, 1.82) is 0 Å². The molecule has 2 amide bonds. The van der Waals surface area contributed by atoms with Gasteiger partial charge >= 0.3 is 0 Å². The highest BCUT2D eigenvalue weighted by Crippen LogP contribution is 1.98. The molecular weight excluding hydrogens is 220 g/mol. The van der Waals surface area contributed by atoms with Crippen LogP contribution in [0.25, 0.3) is 0 Å². The summed E-state index contributed by atoms with van der Waals surface area (Å²) < 4.78 is 0. The molecule has 0 unspecified atom stereocenters. The lowest BCUT2D eigenvalue weighted by atomic mass is 10.2. The zero-order valence-corrected chi connectivity index (χ0v) is 9.49. The highest BCUT2D eigenvalue weighted by Gasteiger charge is 1.98. The molecule has 5 heteroatoms. The van der Waals surface area contributed by atoms with E-state index in [2.05, 4.69) is 23.7 Å². The van der Waals surface area contributed by atoms with Crippen LogP contribution in [0.3, 0.4) is 0 Å². The first-order valence-corrected chi connectivity index (χ1v) is 4.77. The molecule has 3 N–H and O–H groups in total. The van der Waals surface area contributed by atoms with Gasteiger partial charge in [0.05, 0.1) is 6.54 Å². The Morgan fingerprint density at radius 1 is 1.47 bits per heavy atom. The fraction of sp³-hybridized carbons (Fsp3) is 0.167. The molecule has 0 saturated heterocycles. The van der Waals surface area contributed by atoms with Gasteiger partial charge in [-0.05, 0) is 13.0 Å². The molecule has 0 aromatic rings. The Hall–Kier alpha value is -2.32. The van der Waals surface area contributed by atoms with Gasteiger partial charge in [0.15, 0.2) is 0 Å². The molecule has 0 fully saturated rings. The number of carbonyl (C=O) groups excluding carboxylic acids is 2. The maximum atomic E-state index is 10.9. The molecule has 0 aromatic heterocycles. The third kappa shape index (κ3) is 6.71. The van der Waals surface area contributed by atoms with Gasteiger partial charge in [0, 0.05) is 11.1 Å². The first kappa shape index (κ1) is 14.7. The van der Waals surface area contributed by atoms with Crippen LogP contribution in [0.1, 0.15) is 6.92 Å². The van der Waals surface area contributed by atoms with Crippen molar-refractivity contribution < 1.29 is 14.8 Å². The largest absolute Gasteiger partial charge is 0.348 e. The van der Waals surface area contributed by atoms with E-state index in [0.717, 1.165) is 0 Å². The fourth-order valence-corrected chi connectivity index (χ4v) is 0.778. The lowest BCUT2D eigenvalue weighted by molar-refractivity contribution is -0.125. The van der Waals surface area contributed by atoms with Crippen LogP contribution < -0.4 is 10.8 Å². The molecule has 0 saturated carbocycles. The van der Waals surface area contributed by atoms with Crippen molar-refractivity contribution in [3.63, 3.8) is 0 Å². The maximum absolute atomic E-state index is 10.9. The van der Waals surface area contributed by atoms with E-state index < -0.39 is 5.91 Å². The van der Waals surface area contributed by atoms with E-state index in [1.165, 1.54) is 17.6 Å². The van der Waals surface area contributed by atoms with E-state index in [1.54, 1.807) is 13.0 Å². The lowest BCUT2D eigenvalue weighted by Crippen LogP contribution is -2.19. The number of amides is 2. The summed E-state index contributed by atoms with van der Waals surface area (Å²) in [5, 5.41) is 10.8. The molecule has 0 aliphatic carbocycles. The van der Waals surface area contributed by atoms with Gasteiger partial charge in [0.1, 0.15) is 0 Å². The van der Waals surface area contributed by atoms with Crippen LogP contribution in [-0.4, -0.2) is 24.1 Å². The van der Waals surface area contributed by atoms with Crippen molar-refractivity contribution >= 4 is 12.3 Å². The van der Waals surface area contributed by atoms with Gasteiger partial charge in [-0.3, -0.25) is 14.8 Å². The third-order valence-corrected chi connectivity index (χ3v) is 1.70. The Labute approximate surface area is 99.9 Å². The van der Waals surface area contributed by atoms with Crippen molar-refractivity contribution in [3.8, 4) is 11.8 Å². The molecule has 0 radical (unpaired) electrons. The third-order valence-electron chi connectivity index (χ3n) is 1.70. The van der Waals surface area contributed by atoms with Crippen molar-refractivity contribution in [3.05, 3.63) is 36.0 Å². The first-order chi connectivity index (χ1) is 8.15. The summed E-state index contributed by atoms with van der Waals surface area (Å²) >= 11 is 0. The Bertz CT molecular complexity index is 411. The Morgan fingerprint density at radius 2 is 2.18 bits per heavy atom. The van der Waals surface area contributed by atoms with Crippen LogP contribution in [0.15, 0.2) is 36.0 Å². The van der Waals surface area contributed by atoms with Gasteiger partial charge in [0.2, 0.25) is 6.41 Å². The van der Waals surface area contributed by atoms with Gasteiger partial charge in [-0.2, -0.15) is 0 Å². The number of hydrogen-bond acceptors (Lipinski definition) is 3. The minimum absolute atomic E-state index is 0.245. The molecule has 0 rings (SSSR count). The van der Waals surface area contributed by atoms with E-state index >= 15 is 0 Å². The fourth-order valence-electron chi connectivity index (χ4n) is 0.778. The van der Waals surface area contributed by atoms with Crippen LogP contribution >= 0.6 is 0 Å². The van der Waals surface area contributed by atoms with Crippen LogP contribution in [-0.2, 0) is 9.59 Å². The van der Waals surface area contributed by atoms with Gasteiger partial charge in [-0.25, -0.2) is 5.48 Å². The summed E-state index contributed by atoms with van der Waals surface area (Å²) in [7, 11) is 0. The average Bonchev–Trinajstić information content (AvgIpc) is 2.36. The maximum Gasteiger partial charge on any atom is 0.270 e. The summed E-state index contributed by atoms with van der Waals surface area (Å²) in [6.45, 7) is 5.35. The Balaban J connectivity index is 4.64. The minimum Gasteiger partial charge on any atom is -0.348 e. The number of rotatable bonds is 5. The summed E-state index contributed by atoms with van der Waals surface area (Å²) in [5.74, 6) is 4.86. The lowest BCUT2D eigenvalue weighted by Gasteiger charge is -1.95. The van der Waals surface area contributed by atoms with E-state index in [-0.39, 0.29) is 6.54 Å². The molecule has 0 aliphatic heterocycles. The highest BCUT2D eigenvalue weighted by atomic mass is 16.5. The second-order valence-corrected chi connectivity index (χ2v) is 2.92. The van der Waals surface area contributed by atoms with Crippen molar-refractivity contribution in [2.24, 2.45) is 0 Å². The quantitative estimate of drug-likeness (QED) is 0.122. The Kier molecular flexibility index (Phi) is 7.73. The van der Waals surface area contributed by atoms with Gasteiger partial charge < -0.3 is 5.32 Å². The van der Waals surface area contributed by atoms with Crippen molar-refractivity contribution in [2.75, 3.05) is 6.54 Å². The van der Waals surface area contributed by atoms with Crippen molar-refractivity contribution in [2.45, 2.75) is 6.92 Å². The molecule has 90 valence electrons. The number of carbonyl (C=O) groups is 2. The smallest absolute Gasteiger partial charge is 0.270 e. The van der Waals surface area contributed by atoms with Crippen molar-refractivity contribution in [1.82, 2.24) is 10.8 Å². The standard InChI is InChI=1S/C12H14N2O3/c1-3-11(5-4-8-13-9-15)7-6-10(2)12(16)14-17/h3,6-7,9,17H,1,8H2,2H3,(H,13,15)(H,14,16)/b10-6+,11-7+. The predicted molar refractivity (Wildman–Crippen MR) is 63.8 cm³/mol. The van der Waals surface area contributed by atoms with Crippen LogP contribution in [0.5, 0.6) is 0 Å². The molecule has 0 spiro atoms. The molecule has 0 atom stereocenters. The number of nitrogens with one attached hydrogen (secondary N) is 2. The number of allylic oxidation sites excluding steroid dienone is 4. The monoisotopic (exact) mass is 234 g/mol. The van der Waals surface area contributed by atoms with E-state index in [9.17, 15) is 9.59 Å². The zero-order chi connectivity index (χ0) is 13.1. The first-order valence-electron chi connectivity index (χ1n) is 4.77. The van der Waals surface area contributed by atoms with Crippen LogP contribution in [0.4, 0.5) is 0 Å². The van der Waals surface area contributed by atoms with E-state index in [4.69, 9.17) is 5.21 Å². The molecule has 0 aromatic carbocycles. The SMILES string of the molecule is C=C/C(C#CCNC=O)=C\C=C(/C)C(=O)NO. The van der Waals surface area contributed by atoms with E-state index in [0.29, 0.717) is 17.6 Å². The van der Waals surface area contributed by atoms with Gasteiger partial charge in [-0.1, -0.05) is 30.6 Å².